The standard InChI is InChI=1S/C8H13O2/c1-8(7(9)10-2)5-3-4-6-8/h2-6H2,1H3. The van der Waals surface area contributed by atoms with Crippen LogP contribution in [0.15, 0.2) is 0 Å². The lowest BCUT2D eigenvalue weighted by atomic mass is 9.89. The van der Waals surface area contributed by atoms with Crippen LogP contribution in [0.25, 0.3) is 0 Å². The monoisotopic (exact) mass is 141 g/mol. The highest BCUT2D eigenvalue weighted by Crippen LogP contribution is 2.38. The first-order valence-corrected chi connectivity index (χ1v) is 3.65. The zero-order valence-electron chi connectivity index (χ0n) is 6.35. The smallest absolute Gasteiger partial charge is 0.311 e. The van der Waals surface area contributed by atoms with Crippen LogP contribution in [-0.2, 0) is 9.53 Å². The van der Waals surface area contributed by atoms with E-state index in [4.69, 9.17) is 0 Å². The van der Waals surface area contributed by atoms with Gasteiger partial charge in [0.15, 0.2) is 0 Å². The zero-order chi connectivity index (χ0) is 7.61. The third kappa shape index (κ3) is 1.15. The highest BCUT2D eigenvalue weighted by molar-refractivity contribution is 5.76. The molecule has 0 bridgehead atoms. The lowest BCUT2D eigenvalue weighted by molar-refractivity contribution is -0.149. The molecule has 0 amide bonds. The van der Waals surface area contributed by atoms with Gasteiger partial charge < -0.3 is 4.74 Å². The van der Waals surface area contributed by atoms with Crippen molar-refractivity contribution in [3.8, 4) is 0 Å². The molecule has 0 spiro atoms. The Morgan fingerprint density at radius 3 is 2.40 bits per heavy atom. The van der Waals surface area contributed by atoms with Gasteiger partial charge in [-0.3, -0.25) is 4.79 Å². The Kier molecular flexibility index (Phi) is 1.97. The summed E-state index contributed by atoms with van der Waals surface area (Å²) in [5, 5.41) is 0. The van der Waals surface area contributed by atoms with Crippen LogP contribution < -0.4 is 0 Å². The van der Waals surface area contributed by atoms with Crippen molar-refractivity contribution >= 4 is 5.97 Å². The maximum Gasteiger partial charge on any atom is 0.311 e. The quantitative estimate of drug-likeness (QED) is 0.521. The van der Waals surface area contributed by atoms with Crippen molar-refractivity contribution in [1.29, 1.82) is 0 Å². The number of rotatable bonds is 1. The van der Waals surface area contributed by atoms with Gasteiger partial charge in [0, 0.05) is 0 Å². The molecular formula is C8H13O2. The van der Waals surface area contributed by atoms with Gasteiger partial charge in [0.05, 0.1) is 5.41 Å². The number of carbonyl (C=O) groups excluding carboxylic acids is 1. The third-order valence-electron chi connectivity index (χ3n) is 2.33. The van der Waals surface area contributed by atoms with Crippen molar-refractivity contribution < 1.29 is 9.53 Å². The summed E-state index contributed by atoms with van der Waals surface area (Å²) >= 11 is 0. The predicted molar refractivity (Wildman–Crippen MR) is 38.0 cm³/mol. The largest absolute Gasteiger partial charge is 0.462 e. The average Bonchev–Trinajstić information content (AvgIpc) is 2.36. The molecule has 0 unspecified atom stereocenters. The van der Waals surface area contributed by atoms with E-state index >= 15 is 0 Å². The van der Waals surface area contributed by atoms with Gasteiger partial charge in [-0.05, 0) is 19.8 Å². The molecule has 2 nitrogen and oxygen atoms in total. The van der Waals surface area contributed by atoms with Gasteiger partial charge in [0.25, 0.3) is 0 Å². The van der Waals surface area contributed by atoms with Crippen molar-refractivity contribution in [3.63, 3.8) is 0 Å². The molecule has 0 aromatic carbocycles. The molecule has 0 saturated heterocycles. The summed E-state index contributed by atoms with van der Waals surface area (Å²) in [7, 11) is 3.13. The second-order valence-electron chi connectivity index (χ2n) is 3.20. The molecule has 2 heteroatoms. The van der Waals surface area contributed by atoms with Gasteiger partial charge in [0.1, 0.15) is 7.11 Å². The summed E-state index contributed by atoms with van der Waals surface area (Å²) in [5.41, 5.74) is -0.220. The van der Waals surface area contributed by atoms with Gasteiger partial charge in [-0.25, -0.2) is 0 Å². The predicted octanol–water partition coefficient (Wildman–Crippen LogP) is 1.90. The van der Waals surface area contributed by atoms with Crippen LogP contribution in [0, 0.1) is 12.5 Å². The lowest BCUT2D eigenvalue weighted by Gasteiger charge is -2.18. The average molecular weight is 141 g/mol. The van der Waals surface area contributed by atoms with Crippen LogP contribution in [0.5, 0.6) is 0 Å². The minimum absolute atomic E-state index is 0.148. The molecule has 1 aliphatic rings. The fraction of sp³-hybridized carbons (Fsp3) is 0.750. The second kappa shape index (κ2) is 2.60. The lowest BCUT2D eigenvalue weighted by Crippen LogP contribution is -2.24. The molecule has 1 rings (SSSR count). The summed E-state index contributed by atoms with van der Waals surface area (Å²) in [6.07, 6.45) is 4.21. The Balaban J connectivity index is 2.58. The van der Waals surface area contributed by atoms with E-state index in [0.29, 0.717) is 0 Å². The summed E-state index contributed by atoms with van der Waals surface area (Å²) in [5.74, 6) is -0.148. The fourth-order valence-electron chi connectivity index (χ4n) is 1.53. The molecule has 1 aliphatic carbocycles. The van der Waals surface area contributed by atoms with Gasteiger partial charge in [-0.2, -0.15) is 0 Å². The van der Waals surface area contributed by atoms with E-state index in [0.717, 1.165) is 25.7 Å². The SMILES string of the molecule is [CH2]OC(=O)C1(C)CCCC1. The number of hydrogen-bond donors (Lipinski definition) is 0. The van der Waals surface area contributed by atoms with Crippen molar-refractivity contribution in [2.24, 2.45) is 5.41 Å². The number of esters is 1. The van der Waals surface area contributed by atoms with Crippen molar-refractivity contribution in [2.75, 3.05) is 0 Å². The Morgan fingerprint density at radius 1 is 1.50 bits per heavy atom. The molecule has 0 aliphatic heterocycles. The molecule has 10 heavy (non-hydrogen) atoms. The highest BCUT2D eigenvalue weighted by atomic mass is 16.5. The first-order chi connectivity index (χ1) is 4.69. The first kappa shape index (κ1) is 7.58. The minimum Gasteiger partial charge on any atom is -0.462 e. The van der Waals surface area contributed by atoms with Crippen LogP contribution >= 0.6 is 0 Å². The summed E-state index contributed by atoms with van der Waals surface area (Å²) in [4.78, 5) is 11.1. The second-order valence-corrected chi connectivity index (χ2v) is 3.20. The van der Waals surface area contributed by atoms with E-state index in [9.17, 15) is 4.79 Å². The summed E-state index contributed by atoms with van der Waals surface area (Å²) in [6, 6.07) is 0. The van der Waals surface area contributed by atoms with E-state index < -0.39 is 0 Å². The molecule has 1 fully saturated rings. The van der Waals surface area contributed by atoms with Crippen LogP contribution in [0.1, 0.15) is 32.6 Å². The molecule has 0 atom stereocenters. The van der Waals surface area contributed by atoms with E-state index in [-0.39, 0.29) is 11.4 Å². The maximum atomic E-state index is 11.1. The van der Waals surface area contributed by atoms with E-state index in [1.807, 2.05) is 6.92 Å². The Morgan fingerprint density at radius 2 is 2.00 bits per heavy atom. The molecule has 1 saturated carbocycles. The minimum atomic E-state index is -0.220. The summed E-state index contributed by atoms with van der Waals surface area (Å²) in [6.45, 7) is 1.95. The highest BCUT2D eigenvalue weighted by Gasteiger charge is 2.36. The van der Waals surface area contributed by atoms with Crippen LogP contribution in [-0.4, -0.2) is 5.97 Å². The van der Waals surface area contributed by atoms with Crippen molar-refractivity contribution in [1.82, 2.24) is 0 Å². The topological polar surface area (TPSA) is 26.3 Å². The molecule has 0 aromatic heterocycles. The summed E-state index contributed by atoms with van der Waals surface area (Å²) < 4.78 is 4.45. The number of hydrogen-bond acceptors (Lipinski definition) is 2. The molecular weight excluding hydrogens is 128 g/mol. The van der Waals surface area contributed by atoms with E-state index in [1.165, 1.54) is 0 Å². The Bertz CT molecular complexity index is 134. The van der Waals surface area contributed by atoms with Crippen LogP contribution in [0.4, 0.5) is 0 Å². The Hall–Kier alpha value is -0.530. The first-order valence-electron chi connectivity index (χ1n) is 3.65. The molecule has 0 aromatic rings. The molecule has 0 heterocycles. The fourth-order valence-corrected chi connectivity index (χ4v) is 1.53. The molecule has 0 N–H and O–H groups in total. The van der Waals surface area contributed by atoms with E-state index in [2.05, 4.69) is 11.8 Å². The zero-order valence-corrected chi connectivity index (χ0v) is 6.35. The van der Waals surface area contributed by atoms with Gasteiger partial charge in [-0.15, -0.1) is 0 Å². The number of ether oxygens (including phenoxy) is 1. The van der Waals surface area contributed by atoms with Crippen LogP contribution in [0.3, 0.4) is 0 Å². The molecule has 1 radical (unpaired) electrons. The third-order valence-corrected chi connectivity index (χ3v) is 2.33. The molecule has 57 valence electrons. The van der Waals surface area contributed by atoms with E-state index in [1.54, 1.807) is 0 Å². The van der Waals surface area contributed by atoms with Gasteiger partial charge >= 0.3 is 5.97 Å². The maximum absolute atomic E-state index is 11.1. The van der Waals surface area contributed by atoms with Crippen molar-refractivity contribution in [3.05, 3.63) is 7.11 Å². The number of carbonyl (C=O) groups is 1. The van der Waals surface area contributed by atoms with Gasteiger partial charge in [0.2, 0.25) is 0 Å². The Labute approximate surface area is 61.6 Å². The van der Waals surface area contributed by atoms with Gasteiger partial charge in [-0.1, -0.05) is 12.8 Å². The van der Waals surface area contributed by atoms with Crippen molar-refractivity contribution in [2.45, 2.75) is 32.6 Å². The van der Waals surface area contributed by atoms with Crippen LogP contribution in [0.2, 0.25) is 0 Å². The normalized spacial score (nSPS) is 22.6.